The van der Waals surface area contributed by atoms with Gasteiger partial charge in [-0.05, 0) is 19.1 Å². The number of anilines is 1. The predicted molar refractivity (Wildman–Crippen MR) is 71.7 cm³/mol. The Labute approximate surface area is 110 Å². The number of amides is 1. The van der Waals surface area contributed by atoms with Gasteiger partial charge < -0.3 is 9.73 Å². The topological polar surface area (TPSA) is 89.3 Å². The molecule has 1 unspecified atom stereocenters. The summed E-state index contributed by atoms with van der Waals surface area (Å²) in [5.74, 6) is -0.0407. The Hall–Kier alpha value is -1.89. The molecule has 6 nitrogen and oxygen atoms in total. The Morgan fingerprint density at radius 3 is 2.74 bits per heavy atom. The van der Waals surface area contributed by atoms with Crippen molar-refractivity contribution in [2.45, 2.75) is 19.1 Å². The third-order valence-corrected chi connectivity index (χ3v) is 4.27. The molecule has 2 rings (SSSR count). The second kappa shape index (κ2) is 4.65. The molecule has 0 aliphatic heterocycles. The number of nitrogens with zero attached hydrogens (tertiary/aromatic N) is 1. The van der Waals surface area contributed by atoms with Gasteiger partial charge in [-0.2, -0.15) is 0 Å². The number of aryl methyl sites for hydroxylation is 1. The number of nitrogens with one attached hydrogen (secondary N) is 1. The molecule has 0 aliphatic rings. The summed E-state index contributed by atoms with van der Waals surface area (Å²) in [4.78, 5) is 15.9. The fraction of sp³-hybridized carbons (Fsp3) is 0.333. The van der Waals surface area contributed by atoms with Gasteiger partial charge in [0.15, 0.2) is 21.3 Å². The van der Waals surface area contributed by atoms with Gasteiger partial charge in [-0.15, -0.1) is 0 Å². The van der Waals surface area contributed by atoms with Gasteiger partial charge in [0.2, 0.25) is 5.91 Å². The van der Waals surface area contributed by atoms with Gasteiger partial charge in [-0.3, -0.25) is 4.79 Å². The van der Waals surface area contributed by atoms with Crippen molar-refractivity contribution in [3.05, 3.63) is 24.1 Å². The monoisotopic (exact) mass is 282 g/mol. The Kier molecular flexibility index (Phi) is 3.32. The first-order chi connectivity index (χ1) is 8.77. The maximum Gasteiger partial charge on any atom is 0.242 e. The number of fused-ring (bicyclic) bond motifs is 1. The molecule has 0 aliphatic carbocycles. The van der Waals surface area contributed by atoms with Gasteiger partial charge in [-0.1, -0.05) is 0 Å². The highest BCUT2D eigenvalue weighted by Gasteiger charge is 2.23. The van der Waals surface area contributed by atoms with Crippen LogP contribution in [0.5, 0.6) is 0 Å². The van der Waals surface area contributed by atoms with Crippen LogP contribution in [0, 0.1) is 6.92 Å². The van der Waals surface area contributed by atoms with Crippen molar-refractivity contribution in [2.75, 3.05) is 11.6 Å². The number of hydrogen-bond donors (Lipinski definition) is 1. The van der Waals surface area contributed by atoms with E-state index in [0.717, 1.165) is 6.26 Å². The van der Waals surface area contributed by atoms with Crippen molar-refractivity contribution in [2.24, 2.45) is 0 Å². The second-order valence-electron chi connectivity index (χ2n) is 4.38. The quantitative estimate of drug-likeness (QED) is 0.921. The molecule has 1 atom stereocenters. The Morgan fingerprint density at radius 1 is 1.42 bits per heavy atom. The van der Waals surface area contributed by atoms with Crippen LogP contribution in [0.1, 0.15) is 12.8 Å². The highest BCUT2D eigenvalue weighted by Crippen LogP contribution is 2.20. The normalized spacial score (nSPS) is 13.4. The number of aromatic nitrogens is 1. The zero-order chi connectivity index (χ0) is 14.2. The van der Waals surface area contributed by atoms with E-state index in [1.165, 1.54) is 6.92 Å². The van der Waals surface area contributed by atoms with Crippen LogP contribution >= 0.6 is 0 Å². The fourth-order valence-electron chi connectivity index (χ4n) is 1.56. The van der Waals surface area contributed by atoms with E-state index in [0.29, 0.717) is 22.7 Å². The average molecular weight is 282 g/mol. The highest BCUT2D eigenvalue weighted by molar-refractivity contribution is 7.92. The van der Waals surface area contributed by atoms with E-state index in [1.54, 1.807) is 25.1 Å². The van der Waals surface area contributed by atoms with E-state index in [2.05, 4.69) is 10.3 Å². The summed E-state index contributed by atoms with van der Waals surface area (Å²) in [6.07, 6.45) is 1.03. The van der Waals surface area contributed by atoms with Crippen LogP contribution < -0.4 is 5.32 Å². The van der Waals surface area contributed by atoms with Crippen LogP contribution in [0.4, 0.5) is 5.69 Å². The van der Waals surface area contributed by atoms with Gasteiger partial charge in [0.1, 0.15) is 10.8 Å². The SMILES string of the molecule is Cc1nc2ccc(NC(=O)C(C)S(C)(=O)=O)cc2o1. The van der Waals surface area contributed by atoms with Crippen LogP contribution in [0.15, 0.2) is 22.6 Å². The van der Waals surface area contributed by atoms with Crippen molar-refractivity contribution >= 4 is 32.5 Å². The Morgan fingerprint density at radius 2 is 2.11 bits per heavy atom. The molecule has 0 saturated heterocycles. The van der Waals surface area contributed by atoms with Crippen LogP contribution in [-0.2, 0) is 14.6 Å². The number of carbonyl (C=O) groups is 1. The molecule has 1 heterocycles. The molecule has 0 bridgehead atoms. The lowest BCUT2D eigenvalue weighted by Gasteiger charge is -2.10. The minimum Gasteiger partial charge on any atom is -0.441 e. The van der Waals surface area contributed by atoms with E-state index in [-0.39, 0.29) is 0 Å². The summed E-state index contributed by atoms with van der Waals surface area (Å²) in [5.41, 5.74) is 1.71. The molecular weight excluding hydrogens is 268 g/mol. The summed E-state index contributed by atoms with van der Waals surface area (Å²) in [6.45, 7) is 3.08. The van der Waals surface area contributed by atoms with E-state index in [9.17, 15) is 13.2 Å². The molecular formula is C12H14N2O4S. The Balaban J connectivity index is 2.24. The predicted octanol–water partition coefficient (Wildman–Crippen LogP) is 1.51. The molecule has 102 valence electrons. The number of sulfone groups is 1. The van der Waals surface area contributed by atoms with E-state index >= 15 is 0 Å². The molecule has 1 N–H and O–H groups in total. The van der Waals surface area contributed by atoms with Crippen molar-refractivity contribution in [1.82, 2.24) is 4.98 Å². The van der Waals surface area contributed by atoms with Gasteiger partial charge in [-0.25, -0.2) is 13.4 Å². The summed E-state index contributed by atoms with van der Waals surface area (Å²) in [6, 6.07) is 4.96. The lowest BCUT2D eigenvalue weighted by atomic mass is 10.3. The lowest BCUT2D eigenvalue weighted by Crippen LogP contribution is -2.31. The molecule has 0 saturated carbocycles. The first-order valence-electron chi connectivity index (χ1n) is 5.64. The molecule has 2 aromatic rings. The minimum absolute atomic E-state index is 0.476. The van der Waals surface area contributed by atoms with Crippen molar-refractivity contribution in [1.29, 1.82) is 0 Å². The first kappa shape index (κ1) is 13.5. The zero-order valence-electron chi connectivity index (χ0n) is 10.8. The summed E-state index contributed by atoms with van der Waals surface area (Å²) in [5, 5.41) is 1.45. The number of oxazole rings is 1. The molecule has 0 spiro atoms. The zero-order valence-corrected chi connectivity index (χ0v) is 11.6. The van der Waals surface area contributed by atoms with Gasteiger partial charge in [0.05, 0.1) is 0 Å². The summed E-state index contributed by atoms with van der Waals surface area (Å²) in [7, 11) is -3.41. The van der Waals surface area contributed by atoms with Gasteiger partial charge in [0.25, 0.3) is 0 Å². The molecule has 0 fully saturated rings. The van der Waals surface area contributed by atoms with E-state index < -0.39 is 21.0 Å². The number of rotatable bonds is 3. The van der Waals surface area contributed by atoms with Crippen LogP contribution in [-0.4, -0.2) is 30.8 Å². The van der Waals surface area contributed by atoms with Crippen LogP contribution in [0.3, 0.4) is 0 Å². The van der Waals surface area contributed by atoms with Crippen LogP contribution in [0.2, 0.25) is 0 Å². The van der Waals surface area contributed by atoms with Crippen molar-refractivity contribution < 1.29 is 17.6 Å². The molecule has 1 aromatic carbocycles. The maximum atomic E-state index is 11.8. The maximum absolute atomic E-state index is 11.8. The van der Waals surface area contributed by atoms with E-state index in [4.69, 9.17) is 4.42 Å². The third-order valence-electron chi connectivity index (χ3n) is 2.77. The molecule has 19 heavy (non-hydrogen) atoms. The molecule has 0 radical (unpaired) electrons. The van der Waals surface area contributed by atoms with Crippen LogP contribution in [0.25, 0.3) is 11.1 Å². The first-order valence-corrected chi connectivity index (χ1v) is 7.60. The highest BCUT2D eigenvalue weighted by atomic mass is 32.2. The smallest absolute Gasteiger partial charge is 0.242 e. The van der Waals surface area contributed by atoms with Gasteiger partial charge >= 0.3 is 0 Å². The lowest BCUT2D eigenvalue weighted by molar-refractivity contribution is -0.115. The van der Waals surface area contributed by atoms with Gasteiger partial charge in [0, 0.05) is 24.9 Å². The molecule has 1 amide bonds. The fourth-order valence-corrected chi connectivity index (χ4v) is 2.00. The largest absolute Gasteiger partial charge is 0.441 e. The Bertz CT molecular complexity index is 733. The van der Waals surface area contributed by atoms with Crippen molar-refractivity contribution in [3.63, 3.8) is 0 Å². The number of carbonyl (C=O) groups excluding carboxylic acids is 1. The third kappa shape index (κ3) is 2.93. The molecule has 1 aromatic heterocycles. The number of hydrogen-bond acceptors (Lipinski definition) is 5. The molecule has 7 heteroatoms. The standard InChI is InChI=1S/C12H14N2O4S/c1-7(19(3,16)17)12(15)14-9-4-5-10-11(6-9)18-8(2)13-10/h4-7H,1-3H3,(H,14,15). The number of benzene rings is 1. The van der Waals surface area contributed by atoms with Crippen molar-refractivity contribution in [3.8, 4) is 0 Å². The van der Waals surface area contributed by atoms with E-state index in [1.807, 2.05) is 0 Å². The summed E-state index contributed by atoms with van der Waals surface area (Å²) < 4.78 is 27.9. The average Bonchev–Trinajstić information content (AvgIpc) is 2.66. The summed E-state index contributed by atoms with van der Waals surface area (Å²) >= 11 is 0. The minimum atomic E-state index is -3.41. The second-order valence-corrected chi connectivity index (χ2v) is 6.74.